The highest BCUT2D eigenvalue weighted by Gasteiger charge is 2.32. The minimum absolute atomic E-state index is 0.0591. The molecule has 1 aromatic rings. The van der Waals surface area contributed by atoms with Crippen LogP contribution in [0.15, 0.2) is 18.2 Å². The first kappa shape index (κ1) is 10.8. The predicted molar refractivity (Wildman–Crippen MR) is 49.8 cm³/mol. The lowest BCUT2D eigenvalue weighted by Gasteiger charge is -2.10. The second-order valence-corrected chi connectivity index (χ2v) is 3.64. The van der Waals surface area contributed by atoms with Crippen molar-refractivity contribution in [3.8, 4) is 11.8 Å². The van der Waals surface area contributed by atoms with Crippen molar-refractivity contribution in [1.82, 2.24) is 0 Å². The maximum absolute atomic E-state index is 12.4. The van der Waals surface area contributed by atoms with Crippen molar-refractivity contribution < 1.29 is 17.9 Å². The zero-order valence-electron chi connectivity index (χ0n) is 8.21. The molecule has 1 saturated carbocycles. The van der Waals surface area contributed by atoms with Crippen LogP contribution in [0.4, 0.5) is 13.2 Å². The molecule has 1 aromatic carbocycles. The summed E-state index contributed by atoms with van der Waals surface area (Å²) in [5.74, 6) is 0.234. The molecule has 0 aromatic heterocycles. The van der Waals surface area contributed by atoms with Gasteiger partial charge in [0.25, 0.3) is 0 Å². The van der Waals surface area contributed by atoms with Gasteiger partial charge in [-0.2, -0.15) is 18.4 Å². The Labute approximate surface area is 90.3 Å². The van der Waals surface area contributed by atoms with Crippen LogP contribution in [0.2, 0.25) is 0 Å². The molecule has 0 N–H and O–H groups in total. The molecule has 1 fully saturated rings. The molecule has 0 saturated heterocycles. The summed E-state index contributed by atoms with van der Waals surface area (Å²) in [6.45, 7) is 0. The van der Waals surface area contributed by atoms with Gasteiger partial charge in [0, 0.05) is 0 Å². The van der Waals surface area contributed by atoms with Crippen LogP contribution >= 0.6 is 0 Å². The Morgan fingerprint density at radius 2 is 2.00 bits per heavy atom. The molecule has 0 heterocycles. The van der Waals surface area contributed by atoms with Crippen molar-refractivity contribution in [3.05, 3.63) is 29.3 Å². The third-order valence-corrected chi connectivity index (χ3v) is 2.25. The normalized spacial score (nSPS) is 15.6. The molecule has 0 radical (unpaired) electrons. The van der Waals surface area contributed by atoms with Crippen molar-refractivity contribution in [2.24, 2.45) is 0 Å². The quantitative estimate of drug-likeness (QED) is 0.777. The van der Waals surface area contributed by atoms with E-state index in [-0.39, 0.29) is 17.4 Å². The van der Waals surface area contributed by atoms with Gasteiger partial charge in [-0.25, -0.2) is 0 Å². The van der Waals surface area contributed by atoms with Gasteiger partial charge in [0.05, 0.1) is 17.2 Å². The molecular formula is C11H8F3NO. The average Bonchev–Trinajstić information content (AvgIpc) is 3.00. The van der Waals surface area contributed by atoms with Crippen molar-refractivity contribution in [2.45, 2.75) is 25.1 Å². The number of rotatable bonds is 2. The molecule has 0 spiro atoms. The largest absolute Gasteiger partial charge is 0.489 e. The second kappa shape index (κ2) is 3.71. The molecule has 0 amide bonds. The Hall–Kier alpha value is -1.70. The number of alkyl halides is 3. The van der Waals surface area contributed by atoms with Gasteiger partial charge in [-0.15, -0.1) is 0 Å². The molecule has 0 bridgehead atoms. The SMILES string of the molecule is N#Cc1cc(C(F)(F)F)ccc1OC1CC1. The molecule has 0 atom stereocenters. The molecule has 1 aliphatic rings. The average molecular weight is 227 g/mol. The molecule has 1 aliphatic carbocycles. The summed E-state index contributed by atoms with van der Waals surface area (Å²) in [6, 6.07) is 4.67. The minimum Gasteiger partial charge on any atom is -0.489 e. The highest BCUT2D eigenvalue weighted by Crippen LogP contribution is 2.34. The standard InChI is InChI=1S/C11H8F3NO/c12-11(13,14)8-1-4-10(7(5-8)6-15)16-9-2-3-9/h1,4-5,9H,2-3H2. The fourth-order valence-corrected chi connectivity index (χ4v) is 1.26. The van der Waals surface area contributed by atoms with Crippen LogP contribution in [0.5, 0.6) is 5.75 Å². The Morgan fingerprint density at radius 1 is 1.31 bits per heavy atom. The smallest absolute Gasteiger partial charge is 0.416 e. The van der Waals surface area contributed by atoms with Crippen LogP contribution in [0.25, 0.3) is 0 Å². The van der Waals surface area contributed by atoms with Gasteiger partial charge in [0.15, 0.2) is 0 Å². The Kier molecular flexibility index (Phi) is 2.50. The summed E-state index contributed by atoms with van der Waals surface area (Å²) >= 11 is 0. The summed E-state index contributed by atoms with van der Waals surface area (Å²) in [5, 5.41) is 8.74. The topological polar surface area (TPSA) is 33.0 Å². The first-order valence-corrected chi connectivity index (χ1v) is 4.78. The van der Waals surface area contributed by atoms with Crippen LogP contribution in [0.1, 0.15) is 24.0 Å². The maximum Gasteiger partial charge on any atom is 0.416 e. The van der Waals surface area contributed by atoms with E-state index in [2.05, 4.69) is 0 Å². The summed E-state index contributed by atoms with van der Waals surface area (Å²) in [5.41, 5.74) is -0.895. The van der Waals surface area contributed by atoms with Gasteiger partial charge in [-0.3, -0.25) is 0 Å². The van der Waals surface area contributed by atoms with E-state index in [0.717, 1.165) is 25.0 Å². The fourth-order valence-electron chi connectivity index (χ4n) is 1.26. The maximum atomic E-state index is 12.4. The molecule has 84 valence electrons. The van der Waals surface area contributed by atoms with E-state index in [1.54, 1.807) is 6.07 Å². The van der Waals surface area contributed by atoms with E-state index in [4.69, 9.17) is 10.00 Å². The summed E-state index contributed by atoms with van der Waals surface area (Å²) < 4.78 is 42.4. The Balaban J connectivity index is 2.31. The zero-order valence-corrected chi connectivity index (χ0v) is 8.21. The monoisotopic (exact) mass is 227 g/mol. The van der Waals surface area contributed by atoms with E-state index >= 15 is 0 Å². The summed E-state index contributed by atoms with van der Waals surface area (Å²) in [7, 11) is 0. The van der Waals surface area contributed by atoms with Crippen molar-refractivity contribution in [3.63, 3.8) is 0 Å². The highest BCUT2D eigenvalue weighted by atomic mass is 19.4. The first-order valence-electron chi connectivity index (χ1n) is 4.78. The van der Waals surface area contributed by atoms with Gasteiger partial charge < -0.3 is 4.74 Å². The van der Waals surface area contributed by atoms with E-state index in [0.29, 0.717) is 0 Å². The summed E-state index contributed by atoms with van der Waals surface area (Å²) in [4.78, 5) is 0. The van der Waals surface area contributed by atoms with E-state index in [1.807, 2.05) is 0 Å². The van der Waals surface area contributed by atoms with Crippen molar-refractivity contribution in [2.75, 3.05) is 0 Å². The lowest BCUT2D eigenvalue weighted by atomic mass is 10.1. The van der Waals surface area contributed by atoms with Crippen LogP contribution in [0.3, 0.4) is 0 Å². The third kappa shape index (κ3) is 2.27. The lowest BCUT2D eigenvalue weighted by molar-refractivity contribution is -0.137. The fraction of sp³-hybridized carbons (Fsp3) is 0.364. The Bertz CT molecular complexity index is 444. The van der Waals surface area contributed by atoms with E-state index in [9.17, 15) is 13.2 Å². The number of nitrogens with zero attached hydrogens (tertiary/aromatic N) is 1. The van der Waals surface area contributed by atoms with Gasteiger partial charge in [-0.1, -0.05) is 0 Å². The first-order chi connectivity index (χ1) is 7.50. The zero-order chi connectivity index (χ0) is 11.8. The number of halogens is 3. The third-order valence-electron chi connectivity index (χ3n) is 2.25. The van der Waals surface area contributed by atoms with Crippen molar-refractivity contribution >= 4 is 0 Å². The molecule has 2 rings (SSSR count). The molecule has 5 heteroatoms. The van der Waals surface area contributed by atoms with Crippen molar-refractivity contribution in [1.29, 1.82) is 5.26 Å². The number of nitriles is 1. The predicted octanol–water partition coefficient (Wildman–Crippen LogP) is 3.12. The van der Waals surface area contributed by atoms with Crippen LogP contribution in [-0.4, -0.2) is 6.10 Å². The summed E-state index contributed by atoms with van der Waals surface area (Å²) in [6.07, 6.45) is -2.58. The molecule has 0 aliphatic heterocycles. The van der Waals surface area contributed by atoms with Gasteiger partial charge in [0.1, 0.15) is 11.8 Å². The van der Waals surface area contributed by atoms with Crippen LogP contribution in [-0.2, 0) is 6.18 Å². The second-order valence-electron chi connectivity index (χ2n) is 3.64. The van der Waals surface area contributed by atoms with Gasteiger partial charge in [0.2, 0.25) is 0 Å². The molecule has 0 unspecified atom stereocenters. The Morgan fingerprint density at radius 3 is 2.50 bits per heavy atom. The van der Waals surface area contributed by atoms with Crippen LogP contribution in [0, 0.1) is 11.3 Å². The lowest BCUT2D eigenvalue weighted by Crippen LogP contribution is -2.06. The van der Waals surface area contributed by atoms with E-state index in [1.165, 1.54) is 6.07 Å². The van der Waals surface area contributed by atoms with Gasteiger partial charge >= 0.3 is 6.18 Å². The molecule has 16 heavy (non-hydrogen) atoms. The number of benzene rings is 1. The van der Waals surface area contributed by atoms with E-state index < -0.39 is 11.7 Å². The van der Waals surface area contributed by atoms with Gasteiger partial charge in [-0.05, 0) is 31.0 Å². The van der Waals surface area contributed by atoms with Crippen LogP contribution < -0.4 is 4.74 Å². The number of hydrogen-bond donors (Lipinski definition) is 0. The number of hydrogen-bond acceptors (Lipinski definition) is 2. The molecular weight excluding hydrogens is 219 g/mol. The molecule has 2 nitrogen and oxygen atoms in total. The highest BCUT2D eigenvalue weighted by molar-refractivity contribution is 5.46. The number of ether oxygens (including phenoxy) is 1. The minimum atomic E-state index is -4.43.